The second-order valence-corrected chi connectivity index (χ2v) is 6.56. The number of nitrogens with zero attached hydrogens (tertiary/aromatic N) is 1. The highest BCUT2D eigenvalue weighted by molar-refractivity contribution is 7.87. The first-order chi connectivity index (χ1) is 9.15. The molecular formula is C14H16N2O2S. The lowest BCUT2D eigenvalue weighted by Crippen LogP contribution is -2.32. The standard InChI is InChI=1S/C14H16N2O2S/c17-19(18)15-14(13-8-4-5-9-13)11-16(19)10-12-6-2-1-3-7-12/h1-9,13-15H,10-11H2. The Labute approximate surface area is 113 Å². The predicted molar refractivity (Wildman–Crippen MR) is 74.5 cm³/mol. The number of rotatable bonds is 3. The van der Waals surface area contributed by atoms with Gasteiger partial charge in [0.1, 0.15) is 0 Å². The average Bonchev–Trinajstić information content (AvgIpc) is 2.99. The summed E-state index contributed by atoms with van der Waals surface area (Å²) in [4.78, 5) is 0. The first-order valence-electron chi connectivity index (χ1n) is 6.31. The Morgan fingerprint density at radius 2 is 1.84 bits per heavy atom. The summed E-state index contributed by atoms with van der Waals surface area (Å²) in [6.45, 7) is 0.934. The van der Waals surface area contributed by atoms with Crippen LogP contribution in [0.3, 0.4) is 0 Å². The minimum atomic E-state index is -3.36. The molecule has 1 aliphatic carbocycles. The molecule has 1 heterocycles. The van der Waals surface area contributed by atoms with Crippen molar-refractivity contribution in [3.05, 3.63) is 60.2 Å². The van der Waals surface area contributed by atoms with Gasteiger partial charge in [-0.05, 0) is 5.56 Å². The van der Waals surface area contributed by atoms with Crippen molar-refractivity contribution in [1.29, 1.82) is 0 Å². The van der Waals surface area contributed by atoms with E-state index >= 15 is 0 Å². The minimum absolute atomic E-state index is 0.0660. The van der Waals surface area contributed by atoms with Gasteiger partial charge in [0.2, 0.25) is 0 Å². The third kappa shape index (κ3) is 2.63. The van der Waals surface area contributed by atoms with E-state index in [1.54, 1.807) is 0 Å². The van der Waals surface area contributed by atoms with Crippen molar-refractivity contribution in [3.8, 4) is 0 Å². The third-order valence-electron chi connectivity index (χ3n) is 3.48. The summed E-state index contributed by atoms with van der Waals surface area (Å²) in [6.07, 6.45) is 7.97. The average molecular weight is 276 g/mol. The number of benzene rings is 1. The molecule has 0 radical (unpaired) electrons. The smallest absolute Gasteiger partial charge is 0.197 e. The molecule has 1 saturated heterocycles. The molecule has 1 aromatic carbocycles. The molecule has 1 unspecified atom stereocenters. The van der Waals surface area contributed by atoms with E-state index in [1.807, 2.05) is 54.6 Å². The zero-order chi connectivity index (χ0) is 13.3. The van der Waals surface area contributed by atoms with Gasteiger partial charge in [-0.1, -0.05) is 54.6 Å². The van der Waals surface area contributed by atoms with E-state index in [1.165, 1.54) is 4.31 Å². The van der Waals surface area contributed by atoms with Crippen molar-refractivity contribution in [2.75, 3.05) is 6.54 Å². The van der Waals surface area contributed by atoms with E-state index < -0.39 is 10.2 Å². The monoisotopic (exact) mass is 276 g/mol. The maximum Gasteiger partial charge on any atom is 0.280 e. The summed E-state index contributed by atoms with van der Waals surface area (Å²) < 4.78 is 28.4. The van der Waals surface area contributed by atoms with Gasteiger partial charge in [-0.3, -0.25) is 0 Å². The summed E-state index contributed by atoms with van der Waals surface area (Å²) >= 11 is 0. The summed E-state index contributed by atoms with van der Waals surface area (Å²) in [5, 5.41) is 0. The lowest BCUT2D eigenvalue weighted by molar-refractivity contribution is 0.408. The van der Waals surface area contributed by atoms with Crippen molar-refractivity contribution < 1.29 is 8.42 Å². The first kappa shape index (κ1) is 12.6. The molecule has 1 N–H and O–H groups in total. The van der Waals surface area contributed by atoms with Crippen molar-refractivity contribution in [1.82, 2.24) is 9.03 Å². The van der Waals surface area contributed by atoms with Gasteiger partial charge < -0.3 is 0 Å². The van der Waals surface area contributed by atoms with Crippen LogP contribution in [0.4, 0.5) is 0 Å². The van der Waals surface area contributed by atoms with Gasteiger partial charge in [0.25, 0.3) is 10.2 Å². The molecule has 5 heteroatoms. The normalized spacial score (nSPS) is 26.2. The number of nitrogens with one attached hydrogen (secondary N) is 1. The molecule has 3 rings (SSSR count). The summed E-state index contributed by atoms with van der Waals surface area (Å²) in [5.41, 5.74) is 1.01. The van der Waals surface area contributed by atoms with Crippen LogP contribution in [-0.2, 0) is 16.8 Å². The topological polar surface area (TPSA) is 49.4 Å². The summed E-state index contributed by atoms with van der Waals surface area (Å²) in [7, 11) is -3.36. The van der Waals surface area contributed by atoms with Crippen LogP contribution in [0.1, 0.15) is 5.56 Å². The maximum atomic E-state index is 12.1. The fourth-order valence-electron chi connectivity index (χ4n) is 2.47. The van der Waals surface area contributed by atoms with Gasteiger partial charge in [-0.2, -0.15) is 17.4 Å². The molecule has 1 aliphatic heterocycles. The molecule has 2 aliphatic rings. The summed E-state index contributed by atoms with van der Waals surface area (Å²) in [5.74, 6) is 0.163. The van der Waals surface area contributed by atoms with E-state index in [9.17, 15) is 8.42 Å². The van der Waals surface area contributed by atoms with Crippen molar-refractivity contribution in [3.63, 3.8) is 0 Å². The zero-order valence-electron chi connectivity index (χ0n) is 10.4. The molecule has 0 bridgehead atoms. The Bertz CT molecular complexity index is 596. The predicted octanol–water partition coefficient (Wildman–Crippen LogP) is 1.45. The molecule has 1 fully saturated rings. The fourth-order valence-corrected chi connectivity index (χ4v) is 3.91. The lowest BCUT2D eigenvalue weighted by atomic mass is 10.0. The Morgan fingerprint density at radius 3 is 2.53 bits per heavy atom. The van der Waals surface area contributed by atoms with Crippen LogP contribution >= 0.6 is 0 Å². The van der Waals surface area contributed by atoms with Crippen LogP contribution in [0.5, 0.6) is 0 Å². The van der Waals surface area contributed by atoms with E-state index in [4.69, 9.17) is 0 Å². The van der Waals surface area contributed by atoms with E-state index in [2.05, 4.69) is 4.72 Å². The largest absolute Gasteiger partial charge is 0.280 e. The van der Waals surface area contributed by atoms with Gasteiger partial charge in [-0.15, -0.1) is 0 Å². The molecule has 1 atom stereocenters. The Hall–Kier alpha value is -1.43. The number of allylic oxidation sites excluding steroid dienone is 2. The molecule has 0 amide bonds. The second-order valence-electron chi connectivity index (χ2n) is 4.85. The highest BCUT2D eigenvalue weighted by Gasteiger charge is 2.38. The zero-order valence-corrected chi connectivity index (χ0v) is 11.3. The summed E-state index contributed by atoms with van der Waals surface area (Å²) in [6, 6.07) is 9.59. The lowest BCUT2D eigenvalue weighted by Gasteiger charge is -2.14. The van der Waals surface area contributed by atoms with Crippen LogP contribution in [0, 0.1) is 5.92 Å². The Balaban J connectivity index is 1.75. The molecule has 0 spiro atoms. The van der Waals surface area contributed by atoms with Gasteiger partial charge in [0.15, 0.2) is 0 Å². The van der Waals surface area contributed by atoms with Crippen LogP contribution < -0.4 is 4.72 Å². The fraction of sp³-hybridized carbons (Fsp3) is 0.286. The van der Waals surface area contributed by atoms with Crippen LogP contribution in [0.2, 0.25) is 0 Å². The number of hydrogen-bond donors (Lipinski definition) is 1. The van der Waals surface area contributed by atoms with Gasteiger partial charge in [-0.25, -0.2) is 0 Å². The van der Waals surface area contributed by atoms with Gasteiger partial charge >= 0.3 is 0 Å². The van der Waals surface area contributed by atoms with Crippen molar-refractivity contribution in [2.45, 2.75) is 12.6 Å². The molecule has 0 aromatic heterocycles. The molecule has 1 aromatic rings. The molecule has 0 saturated carbocycles. The van der Waals surface area contributed by atoms with E-state index in [-0.39, 0.29) is 12.0 Å². The molecular weight excluding hydrogens is 260 g/mol. The first-order valence-corrected chi connectivity index (χ1v) is 7.75. The quantitative estimate of drug-likeness (QED) is 0.908. The molecule has 100 valence electrons. The SMILES string of the molecule is O=S1(=O)NC(C2C=CC=C2)CN1Cc1ccccc1. The van der Waals surface area contributed by atoms with Crippen LogP contribution in [0.25, 0.3) is 0 Å². The van der Waals surface area contributed by atoms with E-state index in [0.29, 0.717) is 13.1 Å². The van der Waals surface area contributed by atoms with Gasteiger partial charge in [0.05, 0.1) is 0 Å². The molecule has 19 heavy (non-hydrogen) atoms. The Kier molecular flexibility index (Phi) is 3.26. The van der Waals surface area contributed by atoms with Gasteiger partial charge in [0, 0.05) is 25.0 Å². The van der Waals surface area contributed by atoms with E-state index in [0.717, 1.165) is 5.56 Å². The highest BCUT2D eigenvalue weighted by atomic mass is 32.2. The van der Waals surface area contributed by atoms with Crippen molar-refractivity contribution >= 4 is 10.2 Å². The van der Waals surface area contributed by atoms with Crippen LogP contribution in [-0.4, -0.2) is 25.3 Å². The van der Waals surface area contributed by atoms with Crippen LogP contribution in [0.15, 0.2) is 54.6 Å². The highest BCUT2D eigenvalue weighted by Crippen LogP contribution is 2.23. The second kappa shape index (κ2) is 4.92. The Morgan fingerprint density at radius 1 is 1.16 bits per heavy atom. The van der Waals surface area contributed by atoms with Crippen molar-refractivity contribution in [2.24, 2.45) is 5.92 Å². The molecule has 4 nitrogen and oxygen atoms in total. The number of hydrogen-bond acceptors (Lipinski definition) is 2. The minimum Gasteiger partial charge on any atom is -0.197 e. The maximum absolute atomic E-state index is 12.1. The third-order valence-corrected chi connectivity index (χ3v) is 5.04.